The molecule has 4 nitrogen and oxygen atoms in total. The van der Waals surface area contributed by atoms with Gasteiger partial charge in [-0.3, -0.25) is 10.6 Å². The van der Waals surface area contributed by atoms with Crippen molar-refractivity contribution in [3.05, 3.63) is 151 Å². The van der Waals surface area contributed by atoms with Crippen LogP contribution in [0.1, 0.15) is 102 Å². The van der Waals surface area contributed by atoms with E-state index in [1.54, 1.807) is 12.1 Å². The van der Waals surface area contributed by atoms with Crippen molar-refractivity contribution in [2.24, 2.45) is 0 Å². The minimum atomic E-state index is -1.85. The Kier molecular flexibility index (Phi) is 22.5. The maximum absolute atomic E-state index is 10.8. The van der Waals surface area contributed by atoms with Crippen LogP contribution in [-0.4, -0.2) is 7.12 Å². The molecule has 0 spiro atoms. The van der Waals surface area contributed by atoms with E-state index in [0.717, 1.165) is 6.42 Å². The van der Waals surface area contributed by atoms with E-state index in [0.29, 0.717) is 5.46 Å². The number of hydrogen-bond acceptors (Lipinski definition) is 2. The Morgan fingerprint density at radius 2 is 0.667 bits per heavy atom. The van der Waals surface area contributed by atoms with E-state index < -0.39 is 7.12 Å². The second-order valence-electron chi connectivity index (χ2n) is 13.4. The largest absolute Gasteiger partial charge is 0.889 e. The summed E-state index contributed by atoms with van der Waals surface area (Å²) in [7, 11) is -1.85. The van der Waals surface area contributed by atoms with Crippen molar-refractivity contribution < 1.29 is 20.7 Å². The summed E-state index contributed by atoms with van der Waals surface area (Å²) in [5, 5.41) is 25.9. The molecule has 4 N–H and O–H groups in total. The fraction of sp³-hybridized carbons (Fsp3) is 0.348. The van der Waals surface area contributed by atoms with E-state index in [9.17, 15) is 10.0 Å². The first-order chi connectivity index (χ1) is 25.1. The zero-order valence-electron chi connectivity index (χ0n) is 31.0. The molecule has 0 radical (unpaired) electrons. The van der Waals surface area contributed by atoms with Gasteiger partial charge >= 0.3 is 0 Å². The smallest absolute Gasteiger partial charge is 0.134 e. The maximum atomic E-state index is 10.8. The molecule has 0 bridgehead atoms. The summed E-state index contributed by atoms with van der Waals surface area (Å²) in [6, 6.07) is 48.6. The molecule has 51 heavy (non-hydrogen) atoms. The molecule has 0 saturated carbocycles. The number of benzene rings is 5. The molecule has 5 aromatic carbocycles. The summed E-state index contributed by atoms with van der Waals surface area (Å²) in [5.74, 6) is 0. The number of quaternary nitrogens is 2. The second kappa shape index (κ2) is 27.7. The van der Waals surface area contributed by atoms with Crippen molar-refractivity contribution in [2.45, 2.75) is 103 Å². The predicted octanol–water partition coefficient (Wildman–Crippen LogP) is 8.55. The highest BCUT2D eigenvalue weighted by atomic mass is 16.4. The summed E-state index contributed by atoms with van der Waals surface area (Å²) in [4.78, 5) is 0. The Morgan fingerprint density at radius 1 is 0.373 bits per heavy atom. The van der Waals surface area contributed by atoms with Gasteiger partial charge in [0, 0.05) is 0 Å². The highest BCUT2D eigenvalue weighted by Gasteiger charge is 1.99. The minimum Gasteiger partial charge on any atom is -0.889 e. The second-order valence-corrected chi connectivity index (χ2v) is 13.4. The van der Waals surface area contributed by atoms with Gasteiger partial charge in [-0.2, -0.15) is 0 Å². The Labute approximate surface area is 309 Å². The lowest BCUT2D eigenvalue weighted by Crippen LogP contribution is -2.70. The third-order valence-corrected chi connectivity index (χ3v) is 8.94. The Balaban J connectivity index is 0.000000225. The standard InChI is InChI=1S/C22H37BO2.2C12H11N/c1-2-3-4-5-6-7-8-9-10-11-12-13-14-15-16-21-17-19-22(20-18-21)23(24)25;2*1-3-7-11(8-4-1)13-12-9-5-2-6-10-12/h17-20H,2-16H2,1H3;2*1-10,13H/q-2;;/p+2. The first-order valence-electron chi connectivity index (χ1n) is 19.4. The molecule has 0 saturated heterocycles. The molecule has 5 heteroatoms. The lowest BCUT2D eigenvalue weighted by atomic mass is 9.80. The molecule has 0 aromatic heterocycles. The molecular weight excluding hydrogens is 623 g/mol. The van der Waals surface area contributed by atoms with Gasteiger partial charge in [-0.1, -0.05) is 195 Å². The zero-order valence-corrected chi connectivity index (χ0v) is 31.0. The van der Waals surface area contributed by atoms with Crippen molar-refractivity contribution in [3.8, 4) is 0 Å². The number of hydrogen-bond donors (Lipinski definition) is 2. The van der Waals surface area contributed by atoms with E-state index in [2.05, 4.69) is 115 Å². The van der Waals surface area contributed by atoms with Crippen LogP contribution < -0.4 is 26.1 Å². The van der Waals surface area contributed by atoms with Crippen LogP contribution in [0.5, 0.6) is 0 Å². The molecule has 0 amide bonds. The summed E-state index contributed by atoms with van der Waals surface area (Å²) in [6.07, 6.45) is 20.4. The summed E-state index contributed by atoms with van der Waals surface area (Å²) < 4.78 is 0. The van der Waals surface area contributed by atoms with Gasteiger partial charge in [-0.25, -0.2) is 0 Å². The highest BCUT2D eigenvalue weighted by molar-refractivity contribution is 6.55. The van der Waals surface area contributed by atoms with Gasteiger partial charge in [-0.15, -0.1) is 5.46 Å². The fourth-order valence-electron chi connectivity index (χ4n) is 5.95. The molecule has 0 aliphatic heterocycles. The van der Waals surface area contributed by atoms with Crippen LogP contribution in [0.25, 0.3) is 0 Å². The first-order valence-corrected chi connectivity index (χ1v) is 19.4. The van der Waals surface area contributed by atoms with E-state index in [1.165, 1.54) is 118 Å². The summed E-state index contributed by atoms with van der Waals surface area (Å²) in [6.45, 7) is 2.28. The van der Waals surface area contributed by atoms with Gasteiger partial charge in [0.1, 0.15) is 22.7 Å². The van der Waals surface area contributed by atoms with Crippen LogP contribution >= 0.6 is 0 Å². The van der Waals surface area contributed by atoms with E-state index in [-0.39, 0.29) is 0 Å². The molecule has 0 atom stereocenters. The third kappa shape index (κ3) is 20.4. The molecule has 0 aliphatic rings. The number of aryl methyl sites for hydroxylation is 1. The van der Waals surface area contributed by atoms with Crippen LogP contribution in [0.4, 0.5) is 22.7 Å². The van der Waals surface area contributed by atoms with E-state index in [1.807, 2.05) is 36.4 Å². The average molecular weight is 685 g/mol. The quantitative estimate of drug-likeness (QED) is 0.0490. The number of rotatable bonds is 20. The molecule has 5 aromatic rings. The summed E-state index contributed by atoms with van der Waals surface area (Å²) in [5.41, 5.74) is 6.57. The molecule has 0 aliphatic carbocycles. The lowest BCUT2D eigenvalue weighted by Gasteiger charge is -2.26. The SMILES string of the molecule is CCCCCCCCCCCCCCCCc1ccc(B([O-])[O-])cc1.c1ccc([NH2+]c2ccccc2)cc1.c1ccc([NH2+]c2ccccc2)cc1. The fourth-order valence-corrected chi connectivity index (χ4v) is 5.95. The molecule has 0 heterocycles. The Hall–Kier alpha value is -4.00. The predicted molar refractivity (Wildman–Crippen MR) is 214 cm³/mol. The molecule has 5 rings (SSSR count). The third-order valence-electron chi connectivity index (χ3n) is 8.94. The van der Waals surface area contributed by atoms with Crippen molar-refractivity contribution in [1.82, 2.24) is 0 Å². The molecule has 270 valence electrons. The number of unbranched alkanes of at least 4 members (excludes halogenated alkanes) is 13. The molecule has 0 fully saturated rings. The van der Waals surface area contributed by atoms with Crippen LogP contribution in [0.3, 0.4) is 0 Å². The van der Waals surface area contributed by atoms with Crippen LogP contribution in [0.2, 0.25) is 0 Å². The van der Waals surface area contributed by atoms with Gasteiger partial charge < -0.3 is 10.0 Å². The van der Waals surface area contributed by atoms with Gasteiger partial charge in [-0.05, 0) is 66.9 Å². The first kappa shape index (κ1) is 41.4. The summed E-state index contributed by atoms with van der Waals surface area (Å²) >= 11 is 0. The van der Waals surface area contributed by atoms with Crippen molar-refractivity contribution in [1.29, 1.82) is 0 Å². The maximum Gasteiger partial charge on any atom is 0.134 e. The lowest BCUT2D eigenvalue weighted by molar-refractivity contribution is -0.479. The molecule has 0 unspecified atom stereocenters. The normalized spacial score (nSPS) is 10.4. The monoisotopic (exact) mass is 684 g/mol. The minimum absolute atomic E-state index is 0.352. The zero-order chi connectivity index (χ0) is 36.0. The average Bonchev–Trinajstić information content (AvgIpc) is 3.17. The van der Waals surface area contributed by atoms with Crippen molar-refractivity contribution in [2.75, 3.05) is 0 Å². The van der Waals surface area contributed by atoms with Crippen LogP contribution in [0, 0.1) is 0 Å². The van der Waals surface area contributed by atoms with Crippen LogP contribution in [0.15, 0.2) is 146 Å². The topological polar surface area (TPSA) is 79.3 Å². The van der Waals surface area contributed by atoms with Gasteiger partial charge in [0.15, 0.2) is 0 Å². The van der Waals surface area contributed by atoms with Crippen LogP contribution in [-0.2, 0) is 6.42 Å². The highest BCUT2D eigenvalue weighted by Crippen LogP contribution is 2.14. The number of para-hydroxylation sites is 4. The Bertz CT molecular complexity index is 1330. The van der Waals surface area contributed by atoms with E-state index in [4.69, 9.17) is 0 Å². The molecular formula is C46H61BN2O2. The Morgan fingerprint density at radius 3 is 0.961 bits per heavy atom. The van der Waals surface area contributed by atoms with Gasteiger partial charge in [0.05, 0.1) is 0 Å². The van der Waals surface area contributed by atoms with Crippen molar-refractivity contribution in [3.63, 3.8) is 0 Å². The van der Waals surface area contributed by atoms with Gasteiger partial charge in [0.2, 0.25) is 0 Å². The number of nitrogens with two attached hydrogens (primary N) is 2. The van der Waals surface area contributed by atoms with Gasteiger partial charge in [0.25, 0.3) is 0 Å². The van der Waals surface area contributed by atoms with Crippen molar-refractivity contribution >= 4 is 35.3 Å². The van der Waals surface area contributed by atoms with E-state index >= 15 is 0 Å².